The summed E-state index contributed by atoms with van der Waals surface area (Å²) >= 11 is 6.13. The summed E-state index contributed by atoms with van der Waals surface area (Å²) in [7, 11) is 1.46. The van der Waals surface area contributed by atoms with Gasteiger partial charge in [0.05, 0.1) is 24.3 Å². The highest BCUT2D eigenvalue weighted by atomic mass is 35.5. The third-order valence-corrected chi connectivity index (χ3v) is 6.31. The highest BCUT2D eigenvalue weighted by Gasteiger charge is 2.49. The lowest BCUT2D eigenvalue weighted by atomic mass is 9.91. The zero-order chi connectivity index (χ0) is 22.1. The quantitative estimate of drug-likeness (QED) is 0.404. The van der Waals surface area contributed by atoms with E-state index in [1.807, 2.05) is 0 Å². The average Bonchev–Trinajstić information content (AvgIpc) is 3.05. The Labute approximate surface area is 185 Å². The fraction of sp³-hybridized carbons (Fsp3) is 0.333. The van der Waals surface area contributed by atoms with E-state index in [9.17, 15) is 19.8 Å². The number of hydrogen-bond acceptors (Lipinski definition) is 5. The summed E-state index contributed by atoms with van der Waals surface area (Å²) in [6.07, 6.45) is 4.68. The minimum atomic E-state index is -0.757. The van der Waals surface area contributed by atoms with Gasteiger partial charge in [-0.15, -0.1) is 0 Å². The van der Waals surface area contributed by atoms with Crippen molar-refractivity contribution in [3.8, 4) is 11.5 Å². The zero-order valence-corrected chi connectivity index (χ0v) is 17.9. The fourth-order valence-corrected chi connectivity index (χ4v) is 4.75. The molecule has 2 aliphatic rings. The van der Waals surface area contributed by atoms with Crippen LogP contribution in [0.4, 0.5) is 0 Å². The Morgan fingerprint density at radius 2 is 1.74 bits per heavy atom. The lowest BCUT2D eigenvalue weighted by molar-refractivity contribution is -0.141. The van der Waals surface area contributed by atoms with Crippen molar-refractivity contribution < 1.29 is 24.5 Å². The van der Waals surface area contributed by atoms with Crippen LogP contribution in [0.3, 0.4) is 0 Å². The Kier molecular flexibility index (Phi) is 5.92. The molecule has 1 aliphatic carbocycles. The Balaban J connectivity index is 1.91. The molecule has 2 fully saturated rings. The molecule has 1 amide bonds. The van der Waals surface area contributed by atoms with Crippen LogP contribution in [-0.4, -0.2) is 40.0 Å². The lowest BCUT2D eigenvalue weighted by Crippen LogP contribution is -2.40. The van der Waals surface area contributed by atoms with Gasteiger partial charge in [0.25, 0.3) is 11.7 Å². The molecule has 2 N–H and O–H groups in total. The molecular weight excluding hydrogens is 418 g/mol. The first kappa shape index (κ1) is 21.2. The molecule has 2 aromatic rings. The Morgan fingerprint density at radius 1 is 1.06 bits per heavy atom. The summed E-state index contributed by atoms with van der Waals surface area (Å²) in [6, 6.07) is 10.3. The second-order valence-electron chi connectivity index (χ2n) is 7.93. The summed E-state index contributed by atoms with van der Waals surface area (Å²) in [6.45, 7) is 0. The predicted octanol–water partition coefficient (Wildman–Crippen LogP) is 4.81. The number of halogens is 1. The molecule has 31 heavy (non-hydrogen) atoms. The number of rotatable bonds is 4. The number of aliphatic hydroxyl groups excluding tert-OH is 1. The van der Waals surface area contributed by atoms with Crippen molar-refractivity contribution in [1.29, 1.82) is 0 Å². The van der Waals surface area contributed by atoms with Crippen LogP contribution < -0.4 is 4.74 Å². The fourth-order valence-electron chi connectivity index (χ4n) is 4.58. The van der Waals surface area contributed by atoms with E-state index in [1.165, 1.54) is 25.3 Å². The van der Waals surface area contributed by atoms with E-state index in [0.717, 1.165) is 32.1 Å². The Hall–Kier alpha value is -2.99. The molecule has 6 nitrogen and oxygen atoms in total. The van der Waals surface area contributed by atoms with Crippen molar-refractivity contribution in [3.05, 3.63) is 64.2 Å². The molecule has 1 heterocycles. The summed E-state index contributed by atoms with van der Waals surface area (Å²) in [5.41, 5.74) is 0.896. The van der Waals surface area contributed by atoms with Crippen LogP contribution in [0.25, 0.3) is 5.76 Å². The number of phenolic OH excluding ortho intramolecular Hbond substituents is 1. The summed E-state index contributed by atoms with van der Waals surface area (Å²) < 4.78 is 5.35. The van der Waals surface area contributed by atoms with E-state index in [2.05, 4.69) is 0 Å². The SMILES string of the molecule is COc1ccc(Cl)cc1/C(O)=C1\C(=O)C(=O)N(C2CCCCC2)C1c1ccc(O)cc1. The van der Waals surface area contributed by atoms with Gasteiger partial charge in [0, 0.05) is 11.1 Å². The second-order valence-corrected chi connectivity index (χ2v) is 8.37. The van der Waals surface area contributed by atoms with Gasteiger partial charge in [0.15, 0.2) is 0 Å². The molecule has 1 unspecified atom stereocenters. The first-order chi connectivity index (χ1) is 14.9. The van der Waals surface area contributed by atoms with Gasteiger partial charge in [0.2, 0.25) is 0 Å². The van der Waals surface area contributed by atoms with Crippen molar-refractivity contribution in [3.63, 3.8) is 0 Å². The molecule has 1 saturated heterocycles. The van der Waals surface area contributed by atoms with E-state index < -0.39 is 17.7 Å². The topological polar surface area (TPSA) is 87.1 Å². The molecule has 2 aromatic carbocycles. The van der Waals surface area contributed by atoms with Crippen LogP contribution in [0, 0.1) is 0 Å². The Morgan fingerprint density at radius 3 is 2.39 bits per heavy atom. The number of nitrogens with zero attached hydrogens (tertiary/aromatic N) is 1. The highest BCUT2D eigenvalue weighted by Crippen LogP contribution is 2.44. The number of ketones is 1. The van der Waals surface area contributed by atoms with Crippen LogP contribution in [0.2, 0.25) is 5.02 Å². The first-order valence-corrected chi connectivity index (χ1v) is 10.7. The number of Topliss-reactive ketones (excluding diaryl/α,β-unsaturated/α-hetero) is 1. The summed E-state index contributed by atoms with van der Waals surface area (Å²) in [5.74, 6) is -1.25. The van der Waals surface area contributed by atoms with Crippen LogP contribution in [0.15, 0.2) is 48.0 Å². The zero-order valence-electron chi connectivity index (χ0n) is 17.2. The summed E-state index contributed by atoms with van der Waals surface area (Å²) in [5, 5.41) is 21.3. The van der Waals surface area contributed by atoms with Crippen molar-refractivity contribution in [2.24, 2.45) is 0 Å². The second kappa shape index (κ2) is 8.63. The molecular formula is C24H24ClNO5. The molecule has 7 heteroatoms. The van der Waals surface area contributed by atoms with Gasteiger partial charge in [-0.1, -0.05) is 43.0 Å². The highest BCUT2D eigenvalue weighted by molar-refractivity contribution is 6.46. The van der Waals surface area contributed by atoms with Crippen molar-refractivity contribution in [1.82, 2.24) is 4.90 Å². The number of carbonyl (C=O) groups is 2. The number of carbonyl (C=O) groups excluding carboxylic acids is 2. The van der Waals surface area contributed by atoms with Crippen molar-refractivity contribution in [2.75, 3.05) is 7.11 Å². The number of aliphatic hydroxyl groups is 1. The molecule has 0 bridgehead atoms. The van der Waals surface area contributed by atoms with Gasteiger partial charge < -0.3 is 19.8 Å². The number of phenols is 1. The molecule has 162 valence electrons. The number of likely N-dealkylation sites (tertiary alicyclic amines) is 1. The molecule has 1 saturated carbocycles. The van der Waals surface area contributed by atoms with Gasteiger partial charge in [-0.3, -0.25) is 9.59 Å². The molecule has 1 atom stereocenters. The van der Waals surface area contributed by atoms with E-state index in [4.69, 9.17) is 16.3 Å². The van der Waals surface area contributed by atoms with Crippen LogP contribution in [0.1, 0.15) is 49.3 Å². The van der Waals surface area contributed by atoms with Crippen molar-refractivity contribution in [2.45, 2.75) is 44.2 Å². The number of ether oxygens (including phenoxy) is 1. The maximum atomic E-state index is 13.2. The number of hydrogen-bond donors (Lipinski definition) is 2. The average molecular weight is 442 g/mol. The van der Waals surface area contributed by atoms with Crippen LogP contribution in [0.5, 0.6) is 11.5 Å². The molecule has 0 spiro atoms. The molecule has 0 radical (unpaired) electrons. The number of amides is 1. The van der Waals surface area contributed by atoms with Gasteiger partial charge in [-0.2, -0.15) is 0 Å². The van der Waals surface area contributed by atoms with Crippen LogP contribution in [-0.2, 0) is 9.59 Å². The molecule has 4 rings (SSSR count). The van der Waals surface area contributed by atoms with Gasteiger partial charge in [0.1, 0.15) is 17.3 Å². The number of benzene rings is 2. The standard InChI is InChI=1S/C24H24ClNO5/c1-31-19-12-9-15(25)13-18(19)22(28)20-21(14-7-10-17(27)11-8-14)26(24(30)23(20)29)16-5-3-2-4-6-16/h7-13,16,21,27-28H,2-6H2,1H3/b22-20+. The number of aromatic hydroxyl groups is 1. The largest absolute Gasteiger partial charge is 0.508 e. The predicted molar refractivity (Wildman–Crippen MR) is 117 cm³/mol. The lowest BCUT2D eigenvalue weighted by Gasteiger charge is -2.35. The van der Waals surface area contributed by atoms with E-state index in [1.54, 1.807) is 29.2 Å². The van der Waals surface area contributed by atoms with Gasteiger partial charge >= 0.3 is 0 Å². The van der Waals surface area contributed by atoms with E-state index in [0.29, 0.717) is 16.3 Å². The summed E-state index contributed by atoms with van der Waals surface area (Å²) in [4.78, 5) is 27.9. The first-order valence-electron chi connectivity index (χ1n) is 10.4. The smallest absolute Gasteiger partial charge is 0.295 e. The van der Waals surface area contributed by atoms with Gasteiger partial charge in [-0.05, 0) is 48.7 Å². The monoisotopic (exact) mass is 441 g/mol. The van der Waals surface area contributed by atoms with E-state index in [-0.39, 0.29) is 28.7 Å². The maximum Gasteiger partial charge on any atom is 0.295 e. The van der Waals surface area contributed by atoms with Gasteiger partial charge in [-0.25, -0.2) is 0 Å². The maximum absolute atomic E-state index is 13.2. The minimum absolute atomic E-state index is 0.00169. The minimum Gasteiger partial charge on any atom is -0.508 e. The normalized spacial score (nSPS) is 21.5. The molecule has 0 aromatic heterocycles. The molecule has 1 aliphatic heterocycles. The third kappa shape index (κ3) is 3.88. The number of methoxy groups -OCH3 is 1. The van der Waals surface area contributed by atoms with Crippen molar-refractivity contribution >= 4 is 29.1 Å². The van der Waals surface area contributed by atoms with Crippen LogP contribution >= 0.6 is 11.6 Å². The third-order valence-electron chi connectivity index (χ3n) is 6.07. The Bertz CT molecular complexity index is 1040. The van der Waals surface area contributed by atoms with E-state index >= 15 is 0 Å².